The molecule has 0 bridgehead atoms. The maximum Gasteiger partial charge on any atom is 0.262 e. The lowest BCUT2D eigenvalue weighted by atomic mass is 10.0. The van der Waals surface area contributed by atoms with Gasteiger partial charge in [0.15, 0.2) is 0 Å². The van der Waals surface area contributed by atoms with Gasteiger partial charge < -0.3 is 14.1 Å². The second-order valence-electron chi connectivity index (χ2n) is 9.19. The zero-order valence-corrected chi connectivity index (χ0v) is 21.5. The standard InChI is InChI=1S/C28H28ClFN4O4/c29-23-5-2-1-4-22(23)28(36)33(12-11-32-13-16-37-17-14-32)19-27(35)34-25(26-6-3-15-38-26)18-24(31-34)20-7-9-21(30)10-8-20/h1-10,15,25H,11-14,16-19H2/t25-/m0/s1. The van der Waals surface area contributed by atoms with E-state index in [0.29, 0.717) is 54.8 Å². The van der Waals surface area contributed by atoms with Gasteiger partial charge >= 0.3 is 0 Å². The van der Waals surface area contributed by atoms with E-state index in [1.807, 2.05) is 0 Å². The molecular formula is C28H28ClFN4O4. The lowest BCUT2D eigenvalue weighted by Gasteiger charge is -2.31. The van der Waals surface area contributed by atoms with Crippen molar-refractivity contribution >= 4 is 29.1 Å². The second-order valence-corrected chi connectivity index (χ2v) is 9.60. The van der Waals surface area contributed by atoms with Crippen molar-refractivity contribution in [3.05, 3.63) is 94.7 Å². The molecule has 1 saturated heterocycles. The molecule has 0 radical (unpaired) electrons. The van der Waals surface area contributed by atoms with E-state index in [1.54, 1.807) is 54.8 Å². The van der Waals surface area contributed by atoms with E-state index in [1.165, 1.54) is 22.0 Å². The van der Waals surface area contributed by atoms with Gasteiger partial charge in [0.05, 0.1) is 35.8 Å². The number of hydrazone groups is 1. The topological polar surface area (TPSA) is 78.6 Å². The maximum atomic E-state index is 13.7. The predicted octanol–water partition coefficient (Wildman–Crippen LogP) is 4.22. The number of hydrogen-bond donors (Lipinski definition) is 0. The number of morpholine rings is 1. The van der Waals surface area contributed by atoms with Gasteiger partial charge in [-0.25, -0.2) is 9.40 Å². The van der Waals surface area contributed by atoms with Gasteiger partial charge in [0.25, 0.3) is 11.8 Å². The van der Waals surface area contributed by atoms with E-state index in [-0.39, 0.29) is 24.2 Å². The van der Waals surface area contributed by atoms with Crippen molar-refractivity contribution in [3.63, 3.8) is 0 Å². The van der Waals surface area contributed by atoms with E-state index in [2.05, 4.69) is 10.0 Å². The molecule has 1 fully saturated rings. The average Bonchev–Trinajstić information content (AvgIpc) is 3.62. The smallest absolute Gasteiger partial charge is 0.262 e. The molecule has 1 aromatic heterocycles. The molecule has 198 valence electrons. The lowest BCUT2D eigenvalue weighted by Crippen LogP contribution is -2.46. The van der Waals surface area contributed by atoms with Gasteiger partial charge in [-0.05, 0) is 42.0 Å². The number of hydrogen-bond acceptors (Lipinski definition) is 6. The van der Waals surface area contributed by atoms with Gasteiger partial charge in [-0.2, -0.15) is 5.10 Å². The van der Waals surface area contributed by atoms with E-state index in [4.69, 9.17) is 20.8 Å². The first-order valence-electron chi connectivity index (χ1n) is 12.5. The van der Waals surface area contributed by atoms with E-state index >= 15 is 0 Å². The summed E-state index contributed by atoms with van der Waals surface area (Å²) in [5, 5.41) is 6.31. The lowest BCUT2D eigenvalue weighted by molar-refractivity contribution is -0.134. The Morgan fingerprint density at radius 1 is 1.05 bits per heavy atom. The minimum Gasteiger partial charge on any atom is -0.467 e. The van der Waals surface area contributed by atoms with Crippen LogP contribution in [0.15, 0.2) is 76.4 Å². The molecule has 2 amide bonds. The Labute approximate surface area is 225 Å². The Morgan fingerprint density at radius 2 is 1.82 bits per heavy atom. The average molecular weight is 539 g/mol. The number of amides is 2. The Kier molecular flexibility index (Phi) is 8.17. The SMILES string of the molecule is O=C(c1ccccc1Cl)N(CCN1CCOCC1)CC(=O)N1N=C(c2ccc(F)cc2)C[C@H]1c1ccco1. The van der Waals surface area contributed by atoms with Gasteiger partial charge in [-0.3, -0.25) is 14.5 Å². The monoisotopic (exact) mass is 538 g/mol. The molecule has 2 aliphatic rings. The molecule has 0 saturated carbocycles. The van der Waals surface area contributed by atoms with Crippen LogP contribution in [0.25, 0.3) is 0 Å². The van der Waals surface area contributed by atoms with Crippen molar-refractivity contribution < 1.29 is 23.1 Å². The molecule has 8 nitrogen and oxygen atoms in total. The molecule has 5 rings (SSSR count). The zero-order valence-electron chi connectivity index (χ0n) is 20.8. The molecular weight excluding hydrogens is 511 g/mol. The number of carbonyl (C=O) groups is 2. The van der Waals surface area contributed by atoms with Crippen LogP contribution in [0.3, 0.4) is 0 Å². The fraction of sp³-hybridized carbons (Fsp3) is 0.321. The largest absolute Gasteiger partial charge is 0.467 e. The highest BCUT2D eigenvalue weighted by molar-refractivity contribution is 6.33. The summed E-state index contributed by atoms with van der Waals surface area (Å²) in [4.78, 5) is 31.0. The highest BCUT2D eigenvalue weighted by Crippen LogP contribution is 2.33. The summed E-state index contributed by atoms with van der Waals surface area (Å²) in [6.45, 7) is 3.54. The third-order valence-electron chi connectivity index (χ3n) is 6.72. The van der Waals surface area contributed by atoms with Gasteiger partial charge in [-0.1, -0.05) is 35.9 Å². The van der Waals surface area contributed by atoms with E-state index in [9.17, 15) is 14.0 Å². The Balaban J connectivity index is 1.39. The number of halogens is 2. The fourth-order valence-electron chi connectivity index (χ4n) is 4.64. The van der Waals surface area contributed by atoms with Crippen molar-refractivity contribution in [2.75, 3.05) is 45.9 Å². The number of furan rings is 1. The molecule has 10 heteroatoms. The van der Waals surface area contributed by atoms with E-state index in [0.717, 1.165) is 18.7 Å². The van der Waals surface area contributed by atoms with E-state index < -0.39 is 6.04 Å². The van der Waals surface area contributed by atoms with Crippen LogP contribution in [0, 0.1) is 5.82 Å². The summed E-state index contributed by atoms with van der Waals surface area (Å²) in [7, 11) is 0. The molecule has 1 atom stereocenters. The fourth-order valence-corrected chi connectivity index (χ4v) is 4.86. The predicted molar refractivity (Wildman–Crippen MR) is 140 cm³/mol. The summed E-state index contributed by atoms with van der Waals surface area (Å²) in [5.74, 6) is -0.451. The molecule has 0 N–H and O–H groups in total. The molecule has 38 heavy (non-hydrogen) atoms. The van der Waals surface area contributed by atoms with Crippen LogP contribution in [0.5, 0.6) is 0 Å². The van der Waals surface area contributed by atoms with Crippen LogP contribution in [0.4, 0.5) is 4.39 Å². The minimum absolute atomic E-state index is 0.189. The third kappa shape index (κ3) is 5.96. The Bertz CT molecular complexity index is 1290. The number of benzene rings is 2. The van der Waals surface area contributed by atoms with Crippen LogP contribution in [0.2, 0.25) is 5.02 Å². The molecule has 0 aliphatic carbocycles. The number of rotatable bonds is 8. The highest BCUT2D eigenvalue weighted by atomic mass is 35.5. The van der Waals surface area contributed by atoms with Crippen molar-refractivity contribution in [1.82, 2.24) is 14.8 Å². The quantitative estimate of drug-likeness (QED) is 0.429. The molecule has 0 spiro atoms. The first-order chi connectivity index (χ1) is 18.5. The van der Waals surface area contributed by atoms with Crippen molar-refractivity contribution in [1.29, 1.82) is 0 Å². The third-order valence-corrected chi connectivity index (χ3v) is 7.05. The van der Waals surface area contributed by atoms with Crippen LogP contribution in [-0.2, 0) is 9.53 Å². The van der Waals surface area contributed by atoms with Crippen LogP contribution in [0.1, 0.15) is 34.1 Å². The van der Waals surface area contributed by atoms with Gasteiger partial charge in [0, 0.05) is 32.6 Å². The first kappa shape index (κ1) is 26.1. The van der Waals surface area contributed by atoms with Crippen molar-refractivity contribution in [2.24, 2.45) is 5.10 Å². The summed E-state index contributed by atoms with van der Waals surface area (Å²) >= 11 is 6.33. The van der Waals surface area contributed by atoms with Crippen molar-refractivity contribution in [3.8, 4) is 0 Å². The van der Waals surface area contributed by atoms with Gasteiger partial charge in [0.2, 0.25) is 0 Å². The molecule has 3 heterocycles. The number of ether oxygens (including phenoxy) is 1. The Morgan fingerprint density at radius 3 is 2.53 bits per heavy atom. The summed E-state index contributed by atoms with van der Waals surface area (Å²) < 4.78 is 24.5. The number of carbonyl (C=O) groups excluding carboxylic acids is 2. The first-order valence-corrected chi connectivity index (χ1v) is 12.9. The normalized spacial score (nSPS) is 17.9. The number of nitrogens with zero attached hydrogens (tertiary/aromatic N) is 4. The molecule has 3 aromatic rings. The molecule has 0 unspecified atom stereocenters. The minimum atomic E-state index is -0.478. The molecule has 2 aliphatic heterocycles. The van der Waals surface area contributed by atoms with Crippen molar-refractivity contribution in [2.45, 2.75) is 12.5 Å². The second kappa shape index (κ2) is 11.9. The van der Waals surface area contributed by atoms with Gasteiger partial charge in [-0.15, -0.1) is 0 Å². The highest BCUT2D eigenvalue weighted by Gasteiger charge is 2.36. The molecule has 2 aromatic carbocycles. The van der Waals surface area contributed by atoms with Crippen LogP contribution < -0.4 is 0 Å². The van der Waals surface area contributed by atoms with Gasteiger partial charge in [0.1, 0.15) is 24.2 Å². The maximum absolute atomic E-state index is 13.7. The van der Waals surface area contributed by atoms with Crippen LogP contribution in [-0.4, -0.2) is 78.3 Å². The zero-order chi connectivity index (χ0) is 26.5. The summed E-state index contributed by atoms with van der Waals surface area (Å²) in [6, 6.07) is 15.9. The summed E-state index contributed by atoms with van der Waals surface area (Å²) in [6.07, 6.45) is 1.95. The summed E-state index contributed by atoms with van der Waals surface area (Å²) in [5.41, 5.74) is 1.69. The Hall–Kier alpha value is -3.53. The van der Waals surface area contributed by atoms with Crippen LogP contribution >= 0.6 is 11.6 Å².